The van der Waals surface area contributed by atoms with Crippen molar-refractivity contribution in [2.45, 2.75) is 53.6 Å². The Morgan fingerprint density at radius 3 is 2.14 bits per heavy atom. The zero-order chi connectivity index (χ0) is 16.8. The molecule has 1 rings (SSSR count). The summed E-state index contributed by atoms with van der Waals surface area (Å²) in [6.45, 7) is 14.9. The summed E-state index contributed by atoms with van der Waals surface area (Å²) in [4.78, 5) is 14.2. The van der Waals surface area contributed by atoms with Gasteiger partial charge in [0.05, 0.1) is 6.61 Å². The van der Waals surface area contributed by atoms with E-state index in [2.05, 4.69) is 49.9 Å². The Balaban J connectivity index is 2.48. The fourth-order valence-electron chi connectivity index (χ4n) is 2.01. The predicted molar refractivity (Wildman–Crippen MR) is 91.9 cm³/mol. The molecule has 0 fully saturated rings. The van der Waals surface area contributed by atoms with E-state index in [1.807, 2.05) is 26.8 Å². The molecular weight excluding hydrogens is 274 g/mol. The molecule has 1 aromatic carbocycles. The number of ketones is 1. The zero-order valence-electron chi connectivity index (χ0n) is 15.0. The maximum Gasteiger partial charge on any atom is 0.163 e. The minimum absolute atomic E-state index is 0.0627. The molecule has 0 aliphatic carbocycles. The Morgan fingerprint density at radius 2 is 1.64 bits per heavy atom. The van der Waals surface area contributed by atoms with Crippen molar-refractivity contribution >= 4 is 5.78 Å². The van der Waals surface area contributed by atoms with Crippen LogP contribution in [0.2, 0.25) is 0 Å². The lowest BCUT2D eigenvalue weighted by Gasteiger charge is -2.35. The van der Waals surface area contributed by atoms with Crippen molar-refractivity contribution in [1.29, 1.82) is 0 Å². The minimum atomic E-state index is -0.326. The Kier molecular flexibility index (Phi) is 6.76. The first-order valence-corrected chi connectivity index (χ1v) is 8.01. The number of carbonyl (C=O) groups excluding carboxylic acids is 1. The van der Waals surface area contributed by atoms with Gasteiger partial charge < -0.3 is 4.74 Å². The molecule has 0 heterocycles. The summed E-state index contributed by atoms with van der Waals surface area (Å²) in [5, 5.41) is 0. The summed E-state index contributed by atoms with van der Waals surface area (Å²) in [6, 6.07) is 10.4. The molecule has 124 valence electrons. The molecule has 0 spiro atoms. The zero-order valence-corrected chi connectivity index (χ0v) is 15.0. The number of hydrogen-bond acceptors (Lipinski definition) is 3. The summed E-state index contributed by atoms with van der Waals surface area (Å²) in [6.07, 6.45) is 0. The maximum absolute atomic E-state index is 11.9. The number of carbonyl (C=O) groups is 1. The largest absolute Gasteiger partial charge is 0.372 e. The Bertz CT molecular complexity index is 455. The molecule has 0 bridgehead atoms. The molecular formula is C19H31NO2. The fourth-order valence-corrected chi connectivity index (χ4v) is 2.01. The normalized spacial score (nSPS) is 12.7. The number of benzene rings is 1. The van der Waals surface area contributed by atoms with Crippen molar-refractivity contribution in [3.8, 4) is 0 Å². The van der Waals surface area contributed by atoms with Gasteiger partial charge in [-0.3, -0.25) is 9.69 Å². The van der Waals surface area contributed by atoms with Crippen LogP contribution in [0.1, 0.15) is 47.1 Å². The van der Waals surface area contributed by atoms with E-state index in [0.29, 0.717) is 6.61 Å². The molecule has 0 atom stereocenters. The van der Waals surface area contributed by atoms with Crippen LogP contribution in [-0.4, -0.2) is 36.0 Å². The topological polar surface area (TPSA) is 29.5 Å². The van der Waals surface area contributed by atoms with Crippen molar-refractivity contribution in [3.05, 3.63) is 35.9 Å². The Labute approximate surface area is 135 Å². The van der Waals surface area contributed by atoms with E-state index in [4.69, 9.17) is 4.74 Å². The third-order valence-electron chi connectivity index (χ3n) is 3.74. The number of ether oxygens (including phenoxy) is 1. The van der Waals surface area contributed by atoms with E-state index in [-0.39, 0.29) is 23.3 Å². The van der Waals surface area contributed by atoms with Crippen LogP contribution in [0, 0.1) is 5.41 Å². The second-order valence-corrected chi connectivity index (χ2v) is 7.80. The first-order chi connectivity index (χ1) is 10.1. The van der Waals surface area contributed by atoms with Crippen LogP contribution in [0.25, 0.3) is 0 Å². The summed E-state index contributed by atoms with van der Waals surface area (Å²) in [5.74, 6) is 0.151. The standard InChI is InChI=1S/C19H31NO2/c1-18(2,3)17(21)15-22-13-12-20(19(4,5)6)14-16-10-8-7-9-11-16/h7-11H,12-15H2,1-6H3. The highest BCUT2D eigenvalue weighted by Crippen LogP contribution is 2.17. The molecule has 3 nitrogen and oxygen atoms in total. The second-order valence-electron chi connectivity index (χ2n) is 7.80. The third-order valence-corrected chi connectivity index (χ3v) is 3.74. The van der Waals surface area contributed by atoms with Crippen LogP contribution in [0.5, 0.6) is 0 Å². The second kappa shape index (κ2) is 7.89. The monoisotopic (exact) mass is 305 g/mol. The highest BCUT2D eigenvalue weighted by molar-refractivity contribution is 5.84. The molecule has 0 radical (unpaired) electrons. The molecule has 1 aromatic rings. The van der Waals surface area contributed by atoms with Gasteiger partial charge in [-0.25, -0.2) is 0 Å². The lowest BCUT2D eigenvalue weighted by Crippen LogP contribution is -2.43. The van der Waals surface area contributed by atoms with Gasteiger partial charge in [0.2, 0.25) is 0 Å². The molecule has 0 aliphatic rings. The van der Waals surface area contributed by atoms with Gasteiger partial charge in [0.1, 0.15) is 6.61 Å². The lowest BCUT2D eigenvalue weighted by molar-refractivity contribution is -0.131. The summed E-state index contributed by atoms with van der Waals surface area (Å²) < 4.78 is 5.59. The predicted octanol–water partition coefficient (Wildman–Crippen LogP) is 3.92. The van der Waals surface area contributed by atoms with Gasteiger partial charge in [-0.2, -0.15) is 0 Å². The van der Waals surface area contributed by atoms with E-state index in [9.17, 15) is 4.79 Å². The van der Waals surface area contributed by atoms with Crippen molar-refractivity contribution in [1.82, 2.24) is 4.90 Å². The van der Waals surface area contributed by atoms with Crippen LogP contribution < -0.4 is 0 Å². The lowest BCUT2D eigenvalue weighted by atomic mass is 9.91. The molecule has 22 heavy (non-hydrogen) atoms. The summed E-state index contributed by atoms with van der Waals surface area (Å²) in [5.41, 5.74) is 1.03. The summed E-state index contributed by atoms with van der Waals surface area (Å²) in [7, 11) is 0. The van der Waals surface area contributed by atoms with Gasteiger partial charge in [0.25, 0.3) is 0 Å². The Hall–Kier alpha value is -1.19. The van der Waals surface area contributed by atoms with Gasteiger partial charge in [0, 0.05) is 24.0 Å². The van der Waals surface area contributed by atoms with E-state index in [1.165, 1.54) is 5.56 Å². The summed E-state index contributed by atoms with van der Waals surface area (Å²) >= 11 is 0. The molecule has 0 N–H and O–H groups in total. The quantitative estimate of drug-likeness (QED) is 0.715. The van der Waals surface area contributed by atoms with E-state index < -0.39 is 0 Å². The molecule has 0 aromatic heterocycles. The molecule has 0 unspecified atom stereocenters. The van der Waals surface area contributed by atoms with Crippen LogP contribution in [0.3, 0.4) is 0 Å². The highest BCUT2D eigenvalue weighted by atomic mass is 16.5. The van der Waals surface area contributed by atoms with E-state index in [1.54, 1.807) is 0 Å². The van der Waals surface area contributed by atoms with Crippen molar-refractivity contribution in [2.75, 3.05) is 19.8 Å². The van der Waals surface area contributed by atoms with Gasteiger partial charge >= 0.3 is 0 Å². The van der Waals surface area contributed by atoms with Gasteiger partial charge in [-0.15, -0.1) is 0 Å². The molecule has 3 heteroatoms. The van der Waals surface area contributed by atoms with Crippen molar-refractivity contribution in [2.24, 2.45) is 5.41 Å². The third kappa shape index (κ3) is 6.71. The van der Waals surface area contributed by atoms with Crippen LogP contribution in [0.15, 0.2) is 30.3 Å². The van der Waals surface area contributed by atoms with Crippen molar-refractivity contribution < 1.29 is 9.53 Å². The van der Waals surface area contributed by atoms with E-state index in [0.717, 1.165) is 13.1 Å². The number of hydrogen-bond donors (Lipinski definition) is 0. The van der Waals surface area contributed by atoms with Crippen LogP contribution in [0.4, 0.5) is 0 Å². The average Bonchev–Trinajstić information content (AvgIpc) is 2.40. The SMILES string of the molecule is CC(C)(C)C(=O)COCCN(Cc1ccccc1)C(C)(C)C. The minimum Gasteiger partial charge on any atom is -0.372 e. The number of nitrogens with zero attached hydrogens (tertiary/aromatic N) is 1. The first-order valence-electron chi connectivity index (χ1n) is 8.01. The molecule has 0 amide bonds. The molecule has 0 saturated heterocycles. The van der Waals surface area contributed by atoms with Gasteiger partial charge in [-0.1, -0.05) is 51.1 Å². The highest BCUT2D eigenvalue weighted by Gasteiger charge is 2.23. The van der Waals surface area contributed by atoms with Gasteiger partial charge in [-0.05, 0) is 26.3 Å². The number of rotatable bonds is 7. The average molecular weight is 305 g/mol. The van der Waals surface area contributed by atoms with Crippen LogP contribution >= 0.6 is 0 Å². The maximum atomic E-state index is 11.9. The Morgan fingerprint density at radius 1 is 1.05 bits per heavy atom. The fraction of sp³-hybridized carbons (Fsp3) is 0.632. The number of Topliss-reactive ketones (excluding diaryl/α,β-unsaturated/α-hetero) is 1. The molecule has 0 aliphatic heterocycles. The molecule has 0 saturated carbocycles. The first kappa shape index (κ1) is 18.9. The van der Waals surface area contributed by atoms with E-state index >= 15 is 0 Å². The van der Waals surface area contributed by atoms with Gasteiger partial charge in [0.15, 0.2) is 5.78 Å². The smallest absolute Gasteiger partial charge is 0.163 e. The van der Waals surface area contributed by atoms with Crippen molar-refractivity contribution in [3.63, 3.8) is 0 Å². The van der Waals surface area contributed by atoms with Crippen LogP contribution in [-0.2, 0) is 16.1 Å².